The first-order valence-electron chi connectivity index (χ1n) is 4.73. The van der Waals surface area contributed by atoms with Crippen molar-refractivity contribution in [2.75, 3.05) is 13.3 Å². The molecule has 0 saturated carbocycles. The van der Waals surface area contributed by atoms with Gasteiger partial charge < -0.3 is 9.47 Å². The topological polar surface area (TPSA) is 30.5 Å². The highest BCUT2D eigenvalue weighted by atomic mass is 16.5. The van der Waals surface area contributed by atoms with Crippen LogP contribution in [0.4, 0.5) is 0 Å². The molecule has 0 amide bonds. The highest BCUT2D eigenvalue weighted by Crippen LogP contribution is 2.32. The summed E-state index contributed by atoms with van der Waals surface area (Å²) in [5.41, 5.74) is 2.34. The molecule has 0 atom stereocenters. The van der Waals surface area contributed by atoms with Gasteiger partial charge in [-0.25, -0.2) is 0 Å². The second kappa shape index (κ2) is 3.03. The fraction of sp³-hybridized carbons (Fsp3) is 0.273. The van der Waals surface area contributed by atoms with E-state index in [-0.39, 0.29) is 0 Å². The van der Waals surface area contributed by atoms with E-state index in [4.69, 9.17) is 9.47 Å². The lowest BCUT2D eigenvalue weighted by molar-refractivity contribution is 0.254. The smallest absolute Gasteiger partial charge is 0.139 e. The first-order chi connectivity index (χ1) is 6.93. The normalized spacial score (nSPS) is 17.7. The molecule has 3 heteroatoms. The molecule has 0 spiro atoms. The molecule has 1 aromatic rings. The van der Waals surface area contributed by atoms with Gasteiger partial charge >= 0.3 is 0 Å². The van der Waals surface area contributed by atoms with Gasteiger partial charge in [-0.05, 0) is 12.1 Å². The van der Waals surface area contributed by atoms with Crippen molar-refractivity contribution in [3.8, 4) is 11.5 Å². The Balaban J connectivity index is 2.12. The number of hydrogen-bond donors (Lipinski definition) is 1. The summed E-state index contributed by atoms with van der Waals surface area (Å²) >= 11 is 0. The number of fused-ring (bicyclic) bond motifs is 2. The average Bonchev–Trinajstić information content (AvgIpc) is 2.26. The summed E-state index contributed by atoms with van der Waals surface area (Å²) in [6, 6.07) is 4.10. The van der Waals surface area contributed by atoms with Crippen LogP contribution in [0.2, 0.25) is 0 Å². The van der Waals surface area contributed by atoms with E-state index in [0.29, 0.717) is 13.3 Å². The molecular formula is C11H11NO2. The van der Waals surface area contributed by atoms with E-state index >= 15 is 0 Å². The molecule has 0 aromatic heterocycles. The minimum absolute atomic E-state index is 0.585. The van der Waals surface area contributed by atoms with E-state index in [2.05, 4.69) is 17.5 Å². The monoisotopic (exact) mass is 189 g/mol. The zero-order valence-electron chi connectivity index (χ0n) is 7.75. The quantitative estimate of drug-likeness (QED) is 0.671. The molecule has 72 valence electrons. The van der Waals surface area contributed by atoms with Gasteiger partial charge in [0.1, 0.15) is 24.8 Å². The van der Waals surface area contributed by atoms with Gasteiger partial charge in [0.15, 0.2) is 0 Å². The summed E-state index contributed by atoms with van der Waals surface area (Å²) in [6.07, 6.45) is 4.11. The maximum Gasteiger partial charge on any atom is 0.139 e. The lowest BCUT2D eigenvalue weighted by Gasteiger charge is -2.21. The van der Waals surface area contributed by atoms with Gasteiger partial charge in [-0.3, -0.25) is 5.32 Å². The molecular weight excluding hydrogens is 178 g/mol. The largest absolute Gasteiger partial charge is 0.489 e. The molecule has 2 aliphatic heterocycles. The molecule has 0 aliphatic carbocycles. The number of rotatable bonds is 0. The Bertz CT molecular complexity index is 399. The van der Waals surface area contributed by atoms with Gasteiger partial charge in [0, 0.05) is 23.7 Å². The standard InChI is InChI=1S/C11H11NO2/c1-2-8-4-9-6-12-7-14-11(9)5-10(8)13-3-1/h1-2,4-5,12H,3,6-7H2. The van der Waals surface area contributed by atoms with Crippen LogP contribution in [0.3, 0.4) is 0 Å². The predicted octanol–water partition coefficient (Wildman–Crippen LogP) is 1.53. The van der Waals surface area contributed by atoms with Crippen molar-refractivity contribution in [3.63, 3.8) is 0 Å². The SMILES string of the molecule is C1=Cc2cc3c(cc2OC1)OCNC3. The van der Waals surface area contributed by atoms with E-state index < -0.39 is 0 Å². The van der Waals surface area contributed by atoms with Crippen molar-refractivity contribution in [2.45, 2.75) is 6.54 Å². The molecule has 3 rings (SSSR count). The number of hydrogen-bond acceptors (Lipinski definition) is 3. The Morgan fingerprint density at radius 3 is 3.14 bits per heavy atom. The molecule has 1 N–H and O–H groups in total. The second-order valence-electron chi connectivity index (χ2n) is 3.43. The summed E-state index contributed by atoms with van der Waals surface area (Å²) in [5, 5.41) is 3.16. The molecule has 0 radical (unpaired) electrons. The van der Waals surface area contributed by atoms with Crippen LogP contribution in [0.5, 0.6) is 11.5 Å². The van der Waals surface area contributed by atoms with E-state index in [1.165, 1.54) is 5.56 Å². The van der Waals surface area contributed by atoms with Crippen LogP contribution in [-0.4, -0.2) is 13.3 Å². The van der Waals surface area contributed by atoms with Crippen molar-refractivity contribution in [2.24, 2.45) is 0 Å². The Labute approximate surface area is 82.3 Å². The summed E-state index contributed by atoms with van der Waals surface area (Å²) in [4.78, 5) is 0. The van der Waals surface area contributed by atoms with Crippen LogP contribution in [0.25, 0.3) is 6.08 Å². The minimum Gasteiger partial charge on any atom is -0.489 e. The van der Waals surface area contributed by atoms with Crippen LogP contribution in [-0.2, 0) is 6.54 Å². The second-order valence-corrected chi connectivity index (χ2v) is 3.43. The summed E-state index contributed by atoms with van der Waals surface area (Å²) in [6.45, 7) is 2.11. The number of benzene rings is 1. The predicted molar refractivity (Wildman–Crippen MR) is 53.3 cm³/mol. The first kappa shape index (κ1) is 7.88. The van der Waals surface area contributed by atoms with Crippen LogP contribution in [0, 0.1) is 0 Å². The third kappa shape index (κ3) is 1.17. The molecule has 1 aromatic carbocycles. The van der Waals surface area contributed by atoms with E-state index in [9.17, 15) is 0 Å². The lowest BCUT2D eigenvalue weighted by Crippen LogP contribution is -2.25. The van der Waals surface area contributed by atoms with Gasteiger partial charge in [0.2, 0.25) is 0 Å². The highest BCUT2D eigenvalue weighted by molar-refractivity contribution is 5.63. The molecule has 0 bridgehead atoms. The zero-order chi connectivity index (χ0) is 9.38. The van der Waals surface area contributed by atoms with Crippen LogP contribution < -0.4 is 14.8 Å². The van der Waals surface area contributed by atoms with E-state index in [1.807, 2.05) is 12.1 Å². The van der Waals surface area contributed by atoms with Gasteiger partial charge in [-0.15, -0.1) is 0 Å². The van der Waals surface area contributed by atoms with Crippen molar-refractivity contribution >= 4 is 6.08 Å². The number of ether oxygens (including phenoxy) is 2. The van der Waals surface area contributed by atoms with Crippen molar-refractivity contribution in [3.05, 3.63) is 29.3 Å². The van der Waals surface area contributed by atoms with Crippen molar-refractivity contribution < 1.29 is 9.47 Å². The Hall–Kier alpha value is -1.48. The molecule has 0 saturated heterocycles. The van der Waals surface area contributed by atoms with Gasteiger partial charge in [0.05, 0.1) is 0 Å². The van der Waals surface area contributed by atoms with Crippen molar-refractivity contribution in [1.82, 2.24) is 5.32 Å². The fourth-order valence-corrected chi connectivity index (χ4v) is 1.78. The molecule has 0 unspecified atom stereocenters. The van der Waals surface area contributed by atoms with Crippen LogP contribution >= 0.6 is 0 Å². The third-order valence-electron chi connectivity index (χ3n) is 2.47. The highest BCUT2D eigenvalue weighted by Gasteiger charge is 2.14. The van der Waals surface area contributed by atoms with Crippen LogP contribution in [0.15, 0.2) is 18.2 Å². The maximum absolute atomic E-state index is 5.50. The number of nitrogens with one attached hydrogen (secondary N) is 1. The zero-order valence-corrected chi connectivity index (χ0v) is 7.75. The average molecular weight is 189 g/mol. The molecule has 14 heavy (non-hydrogen) atoms. The van der Waals surface area contributed by atoms with E-state index in [1.54, 1.807) is 0 Å². The van der Waals surface area contributed by atoms with Crippen molar-refractivity contribution in [1.29, 1.82) is 0 Å². The molecule has 0 fully saturated rings. The Morgan fingerprint density at radius 1 is 1.14 bits per heavy atom. The van der Waals surface area contributed by atoms with E-state index in [0.717, 1.165) is 23.6 Å². The third-order valence-corrected chi connectivity index (χ3v) is 2.47. The molecule has 3 nitrogen and oxygen atoms in total. The van der Waals surface area contributed by atoms with Gasteiger partial charge in [0.25, 0.3) is 0 Å². The first-order valence-corrected chi connectivity index (χ1v) is 4.73. The molecule has 2 aliphatic rings. The fourth-order valence-electron chi connectivity index (χ4n) is 1.78. The summed E-state index contributed by atoms with van der Waals surface area (Å²) < 4.78 is 11.0. The maximum atomic E-state index is 5.50. The Kier molecular flexibility index (Phi) is 1.70. The minimum atomic E-state index is 0.585. The van der Waals surface area contributed by atoms with Crippen LogP contribution in [0.1, 0.15) is 11.1 Å². The summed E-state index contributed by atoms with van der Waals surface area (Å²) in [5.74, 6) is 1.87. The summed E-state index contributed by atoms with van der Waals surface area (Å²) in [7, 11) is 0. The molecule has 2 heterocycles. The van der Waals surface area contributed by atoms with Gasteiger partial charge in [-0.2, -0.15) is 0 Å². The van der Waals surface area contributed by atoms with Gasteiger partial charge in [-0.1, -0.05) is 6.08 Å². The lowest BCUT2D eigenvalue weighted by atomic mass is 10.1. The Morgan fingerprint density at radius 2 is 2.14 bits per heavy atom.